The van der Waals surface area contributed by atoms with Gasteiger partial charge < -0.3 is 5.32 Å². The molecule has 0 radical (unpaired) electrons. The van der Waals surface area contributed by atoms with E-state index in [0.717, 1.165) is 37.1 Å². The maximum absolute atomic E-state index is 12.1. The summed E-state index contributed by atoms with van der Waals surface area (Å²) < 4.78 is 0. The lowest BCUT2D eigenvalue weighted by Crippen LogP contribution is -2.23. The zero-order chi connectivity index (χ0) is 13.7. The van der Waals surface area contributed by atoms with Crippen molar-refractivity contribution < 1.29 is 4.79 Å². The minimum Gasteiger partial charge on any atom is -0.351 e. The molecule has 19 heavy (non-hydrogen) atoms. The van der Waals surface area contributed by atoms with Crippen molar-refractivity contribution in [2.75, 3.05) is 6.54 Å². The Labute approximate surface area is 124 Å². The Balaban J connectivity index is 1.86. The molecule has 1 aromatic rings. The van der Waals surface area contributed by atoms with Gasteiger partial charge in [0.1, 0.15) is 0 Å². The van der Waals surface area contributed by atoms with Gasteiger partial charge in [0, 0.05) is 16.8 Å². The summed E-state index contributed by atoms with van der Waals surface area (Å²) in [6.45, 7) is 2.71. The van der Waals surface area contributed by atoms with Gasteiger partial charge in [-0.2, -0.15) is 0 Å². The second kappa shape index (κ2) is 7.30. The van der Waals surface area contributed by atoms with E-state index in [1.54, 1.807) is 11.3 Å². The van der Waals surface area contributed by atoms with Crippen molar-refractivity contribution in [1.82, 2.24) is 5.32 Å². The van der Waals surface area contributed by atoms with Crippen LogP contribution in [0.5, 0.6) is 0 Å². The van der Waals surface area contributed by atoms with Crippen LogP contribution in [0.25, 0.3) is 0 Å². The molecule has 1 N–H and O–H groups in total. The van der Waals surface area contributed by atoms with Crippen LogP contribution in [-0.2, 0) is 12.8 Å². The number of hydrogen-bond acceptors (Lipinski definition) is 2. The molecule has 0 aliphatic heterocycles. The normalized spacial score (nSPS) is 16.5. The molecule has 0 spiro atoms. The molecule has 1 heterocycles. The van der Waals surface area contributed by atoms with Gasteiger partial charge in [0.15, 0.2) is 0 Å². The monoisotopic (exact) mass is 299 g/mol. The first-order chi connectivity index (χ1) is 9.16. The van der Waals surface area contributed by atoms with Crippen molar-refractivity contribution in [2.24, 2.45) is 0 Å². The molecule has 0 saturated carbocycles. The highest BCUT2D eigenvalue weighted by Gasteiger charge is 2.16. The highest BCUT2D eigenvalue weighted by molar-refractivity contribution is 7.14. The lowest BCUT2D eigenvalue weighted by atomic mass is 10.1. The van der Waals surface area contributed by atoms with Gasteiger partial charge in [-0.25, -0.2) is 0 Å². The molecule has 1 aromatic heterocycles. The smallest absolute Gasteiger partial charge is 0.261 e. The number of halogens is 1. The Kier molecular flexibility index (Phi) is 5.71. The van der Waals surface area contributed by atoms with Gasteiger partial charge >= 0.3 is 0 Å². The number of carbonyl (C=O) groups is 1. The second-order valence-electron chi connectivity index (χ2n) is 5.30. The quantitative estimate of drug-likeness (QED) is 0.494. The van der Waals surface area contributed by atoms with Crippen molar-refractivity contribution in [3.05, 3.63) is 21.4 Å². The van der Waals surface area contributed by atoms with Gasteiger partial charge in [0.2, 0.25) is 0 Å². The first kappa shape index (κ1) is 14.9. The summed E-state index contributed by atoms with van der Waals surface area (Å²) in [5, 5.41) is 3.18. The number of carbonyl (C=O) groups excluding carboxylic acids is 1. The zero-order valence-corrected chi connectivity index (χ0v) is 13.1. The van der Waals surface area contributed by atoms with Crippen LogP contribution >= 0.6 is 22.9 Å². The minimum atomic E-state index is 0.0836. The van der Waals surface area contributed by atoms with E-state index in [0.29, 0.717) is 0 Å². The van der Waals surface area contributed by atoms with E-state index < -0.39 is 0 Å². The fourth-order valence-electron chi connectivity index (χ4n) is 2.45. The van der Waals surface area contributed by atoms with Crippen LogP contribution in [0.1, 0.15) is 59.1 Å². The average Bonchev–Trinajstić information content (AvgIpc) is 2.66. The Morgan fingerprint density at radius 2 is 2.21 bits per heavy atom. The molecule has 0 aromatic carbocycles. The number of hydrogen-bond donors (Lipinski definition) is 1. The average molecular weight is 300 g/mol. The van der Waals surface area contributed by atoms with Crippen LogP contribution in [0.3, 0.4) is 0 Å². The summed E-state index contributed by atoms with van der Waals surface area (Å²) in [5.74, 6) is 0.0836. The molecule has 1 unspecified atom stereocenters. The number of rotatable bonds is 5. The number of nitrogens with one attached hydrogen (secondary N) is 1. The Morgan fingerprint density at radius 1 is 1.42 bits per heavy atom. The van der Waals surface area contributed by atoms with E-state index in [1.807, 2.05) is 6.92 Å². The maximum atomic E-state index is 12.1. The van der Waals surface area contributed by atoms with Gasteiger partial charge in [0.05, 0.1) is 4.88 Å². The van der Waals surface area contributed by atoms with Crippen molar-refractivity contribution >= 4 is 28.8 Å². The van der Waals surface area contributed by atoms with Gasteiger partial charge in [-0.1, -0.05) is 6.42 Å². The SMILES string of the molecule is CC(Cl)CCCNC(=O)c1cc2c(s1)CCCCC2. The van der Waals surface area contributed by atoms with E-state index in [9.17, 15) is 4.79 Å². The summed E-state index contributed by atoms with van der Waals surface area (Å²) in [7, 11) is 0. The number of fused-ring (bicyclic) bond motifs is 1. The second-order valence-corrected chi connectivity index (χ2v) is 7.18. The predicted molar refractivity (Wildman–Crippen MR) is 82.5 cm³/mol. The van der Waals surface area contributed by atoms with Gasteiger partial charge in [-0.3, -0.25) is 4.79 Å². The molecule has 106 valence electrons. The Hall–Kier alpha value is -0.540. The summed E-state index contributed by atoms with van der Waals surface area (Å²) in [4.78, 5) is 14.4. The highest BCUT2D eigenvalue weighted by Crippen LogP contribution is 2.28. The third-order valence-electron chi connectivity index (χ3n) is 3.53. The fourth-order valence-corrected chi connectivity index (χ4v) is 3.78. The molecule has 0 fully saturated rings. The molecule has 0 bridgehead atoms. The topological polar surface area (TPSA) is 29.1 Å². The van der Waals surface area contributed by atoms with Gasteiger partial charge in [-0.05, 0) is 57.1 Å². The van der Waals surface area contributed by atoms with Crippen molar-refractivity contribution in [3.8, 4) is 0 Å². The van der Waals surface area contributed by atoms with Crippen LogP contribution in [0.4, 0.5) is 0 Å². The van der Waals surface area contributed by atoms with Crippen LogP contribution in [-0.4, -0.2) is 17.8 Å². The summed E-state index contributed by atoms with van der Waals surface area (Å²) >= 11 is 7.57. The maximum Gasteiger partial charge on any atom is 0.261 e. The lowest BCUT2D eigenvalue weighted by molar-refractivity contribution is 0.0957. The van der Waals surface area contributed by atoms with Gasteiger partial charge in [-0.15, -0.1) is 22.9 Å². The van der Waals surface area contributed by atoms with Crippen molar-refractivity contribution in [2.45, 2.75) is 57.2 Å². The zero-order valence-electron chi connectivity index (χ0n) is 11.5. The van der Waals surface area contributed by atoms with E-state index in [-0.39, 0.29) is 11.3 Å². The number of thiophene rings is 1. The minimum absolute atomic E-state index is 0.0836. The first-order valence-electron chi connectivity index (χ1n) is 7.20. The molecule has 1 aliphatic rings. The third kappa shape index (κ3) is 4.50. The largest absolute Gasteiger partial charge is 0.351 e. The number of alkyl halides is 1. The standard InChI is InChI=1S/C15H22ClNOS/c1-11(16)6-5-9-17-15(18)14-10-12-7-3-2-4-8-13(12)19-14/h10-11H,2-9H2,1H3,(H,17,18). The Bertz CT molecular complexity index is 404. The first-order valence-corrected chi connectivity index (χ1v) is 8.46. The molecule has 0 saturated heterocycles. The van der Waals surface area contributed by atoms with Crippen LogP contribution in [0, 0.1) is 0 Å². The molecule has 1 atom stereocenters. The van der Waals surface area contributed by atoms with E-state index in [4.69, 9.17) is 11.6 Å². The van der Waals surface area contributed by atoms with Crippen LogP contribution in [0.2, 0.25) is 0 Å². The molecule has 1 amide bonds. The summed E-state index contributed by atoms with van der Waals surface area (Å²) in [5.41, 5.74) is 1.40. The van der Waals surface area contributed by atoms with E-state index in [1.165, 1.54) is 29.7 Å². The molecule has 2 nitrogen and oxygen atoms in total. The van der Waals surface area contributed by atoms with Gasteiger partial charge in [0.25, 0.3) is 5.91 Å². The number of aryl methyl sites for hydroxylation is 2. The Morgan fingerprint density at radius 3 is 3.00 bits per heavy atom. The molecule has 1 aliphatic carbocycles. The lowest BCUT2D eigenvalue weighted by Gasteiger charge is -2.04. The summed E-state index contributed by atoms with van der Waals surface area (Å²) in [6, 6.07) is 2.10. The summed E-state index contributed by atoms with van der Waals surface area (Å²) in [6.07, 6.45) is 8.03. The van der Waals surface area contributed by atoms with Crippen LogP contribution in [0.15, 0.2) is 6.07 Å². The fraction of sp³-hybridized carbons (Fsp3) is 0.667. The molecule has 2 rings (SSSR count). The predicted octanol–water partition coefficient (Wildman–Crippen LogP) is 4.15. The molecular formula is C15H22ClNOS. The number of amides is 1. The third-order valence-corrected chi connectivity index (χ3v) is 4.99. The van der Waals surface area contributed by atoms with Crippen LogP contribution < -0.4 is 5.32 Å². The van der Waals surface area contributed by atoms with Crippen molar-refractivity contribution in [1.29, 1.82) is 0 Å². The van der Waals surface area contributed by atoms with E-state index >= 15 is 0 Å². The van der Waals surface area contributed by atoms with E-state index in [2.05, 4.69) is 11.4 Å². The van der Waals surface area contributed by atoms with Crippen molar-refractivity contribution in [3.63, 3.8) is 0 Å². The highest BCUT2D eigenvalue weighted by atomic mass is 35.5. The molecule has 4 heteroatoms. The molecular weight excluding hydrogens is 278 g/mol.